The summed E-state index contributed by atoms with van der Waals surface area (Å²) in [6, 6.07) is 10.1. The van der Waals surface area contributed by atoms with Gasteiger partial charge in [0.25, 0.3) is 5.91 Å². The zero-order valence-electron chi connectivity index (χ0n) is 20.2. The van der Waals surface area contributed by atoms with Crippen molar-refractivity contribution >= 4 is 28.5 Å². The Labute approximate surface area is 194 Å². The molecule has 174 valence electrons. The van der Waals surface area contributed by atoms with Gasteiger partial charge in [-0.05, 0) is 38.5 Å². The predicted molar refractivity (Wildman–Crippen MR) is 129 cm³/mol. The van der Waals surface area contributed by atoms with Gasteiger partial charge in [-0.1, -0.05) is 12.1 Å². The average Bonchev–Trinajstić information content (AvgIpc) is 3.36. The van der Waals surface area contributed by atoms with Gasteiger partial charge in [-0.3, -0.25) is 9.59 Å². The highest BCUT2D eigenvalue weighted by molar-refractivity contribution is 5.98. The number of aryl methyl sites for hydroxylation is 1. The number of aromatic amines is 1. The van der Waals surface area contributed by atoms with E-state index in [9.17, 15) is 9.59 Å². The number of fused-ring (bicyclic) bond motifs is 1. The Kier molecular flexibility index (Phi) is 6.10. The van der Waals surface area contributed by atoms with Crippen molar-refractivity contribution in [2.45, 2.75) is 45.7 Å². The summed E-state index contributed by atoms with van der Waals surface area (Å²) in [5.41, 5.74) is 3.47. The lowest BCUT2D eigenvalue weighted by atomic mass is 10.0. The summed E-state index contributed by atoms with van der Waals surface area (Å²) in [7, 11) is 5.61. The van der Waals surface area contributed by atoms with Gasteiger partial charge in [0.05, 0.1) is 12.2 Å². The van der Waals surface area contributed by atoms with Crippen molar-refractivity contribution in [1.29, 1.82) is 0 Å². The molecule has 3 aromatic rings. The van der Waals surface area contributed by atoms with Crippen LogP contribution < -0.4 is 4.90 Å². The molecule has 1 saturated heterocycles. The summed E-state index contributed by atoms with van der Waals surface area (Å²) < 4.78 is 0. The number of hydrogen-bond acceptors (Lipinski definition) is 5. The average molecular weight is 449 g/mol. The van der Waals surface area contributed by atoms with Gasteiger partial charge in [-0.2, -0.15) is 0 Å². The second-order valence-electron chi connectivity index (χ2n) is 9.44. The standard InChI is InChI=1S/C25H32N6O2/c1-15(2)31-13-18(11-24(31)32)20-12-23(29(4)5)28-22(27-20)14-30(6)25(33)21-10-17-8-7-16(3)9-19(17)26-21/h7-10,12,15,18,26H,11,13-14H2,1-6H3/t18-/m0/s1. The van der Waals surface area contributed by atoms with E-state index < -0.39 is 0 Å². The number of nitrogens with one attached hydrogen (secondary N) is 1. The number of carbonyl (C=O) groups is 2. The van der Waals surface area contributed by atoms with E-state index in [0.29, 0.717) is 24.5 Å². The fourth-order valence-electron chi connectivity index (χ4n) is 4.29. The van der Waals surface area contributed by atoms with Crippen LogP contribution in [0.4, 0.5) is 5.82 Å². The Hall–Kier alpha value is -3.42. The Morgan fingerprint density at radius 1 is 1.18 bits per heavy atom. The van der Waals surface area contributed by atoms with Crippen molar-refractivity contribution in [2.75, 3.05) is 32.6 Å². The van der Waals surface area contributed by atoms with Crippen molar-refractivity contribution in [3.8, 4) is 0 Å². The van der Waals surface area contributed by atoms with Gasteiger partial charge in [0.15, 0.2) is 0 Å². The Bertz CT molecular complexity index is 1200. The highest BCUT2D eigenvalue weighted by Crippen LogP contribution is 2.30. The fraction of sp³-hybridized carbons (Fsp3) is 0.440. The first-order chi connectivity index (χ1) is 15.6. The minimum absolute atomic E-state index is 0.0262. The lowest BCUT2D eigenvalue weighted by Gasteiger charge is -2.22. The normalized spacial score (nSPS) is 16.2. The number of hydrogen-bond donors (Lipinski definition) is 1. The molecule has 1 N–H and O–H groups in total. The van der Waals surface area contributed by atoms with Crippen LogP contribution in [0.3, 0.4) is 0 Å². The largest absolute Gasteiger partial charge is 0.363 e. The molecule has 8 nitrogen and oxygen atoms in total. The van der Waals surface area contributed by atoms with Gasteiger partial charge in [-0.15, -0.1) is 0 Å². The number of benzene rings is 1. The molecule has 4 rings (SSSR count). The summed E-state index contributed by atoms with van der Waals surface area (Å²) in [5.74, 6) is 1.40. The molecule has 1 aliphatic rings. The zero-order chi connectivity index (χ0) is 23.9. The van der Waals surface area contributed by atoms with E-state index >= 15 is 0 Å². The summed E-state index contributed by atoms with van der Waals surface area (Å²) in [4.78, 5) is 43.6. The molecule has 0 saturated carbocycles. The molecule has 0 aliphatic carbocycles. The molecular formula is C25H32N6O2. The number of anilines is 1. The Morgan fingerprint density at radius 2 is 1.94 bits per heavy atom. The highest BCUT2D eigenvalue weighted by Gasteiger charge is 2.33. The van der Waals surface area contributed by atoms with E-state index in [4.69, 9.17) is 4.98 Å². The third-order valence-electron chi connectivity index (χ3n) is 6.17. The lowest BCUT2D eigenvalue weighted by molar-refractivity contribution is -0.129. The molecule has 8 heteroatoms. The first kappa shape index (κ1) is 22.8. The number of rotatable bonds is 6. The maximum Gasteiger partial charge on any atom is 0.270 e. The van der Waals surface area contributed by atoms with E-state index in [1.54, 1.807) is 11.9 Å². The van der Waals surface area contributed by atoms with Crippen LogP contribution in [0.15, 0.2) is 30.3 Å². The summed E-state index contributed by atoms with van der Waals surface area (Å²) in [6.07, 6.45) is 0.449. The number of likely N-dealkylation sites (tertiary alicyclic amines) is 1. The van der Waals surface area contributed by atoms with E-state index in [1.807, 2.05) is 75.0 Å². The maximum atomic E-state index is 13.1. The van der Waals surface area contributed by atoms with E-state index in [-0.39, 0.29) is 30.3 Å². The van der Waals surface area contributed by atoms with Crippen LogP contribution in [-0.4, -0.2) is 70.3 Å². The van der Waals surface area contributed by atoms with Crippen LogP contribution in [-0.2, 0) is 11.3 Å². The number of H-pyrrole nitrogens is 1. The van der Waals surface area contributed by atoms with Gasteiger partial charge in [0.1, 0.15) is 17.3 Å². The zero-order valence-corrected chi connectivity index (χ0v) is 20.2. The molecule has 1 aromatic carbocycles. The SMILES string of the molecule is Cc1ccc2cc(C(=O)N(C)Cc3nc([C@H]4CC(=O)N(C(C)C)C4)cc(N(C)C)n3)[nH]c2c1. The minimum atomic E-state index is -0.119. The van der Waals surface area contributed by atoms with E-state index in [0.717, 1.165) is 28.0 Å². The minimum Gasteiger partial charge on any atom is -0.363 e. The van der Waals surface area contributed by atoms with Crippen LogP contribution >= 0.6 is 0 Å². The molecule has 0 spiro atoms. The van der Waals surface area contributed by atoms with Crippen LogP contribution in [0.2, 0.25) is 0 Å². The first-order valence-corrected chi connectivity index (χ1v) is 11.3. The molecule has 2 aromatic heterocycles. The molecule has 1 aliphatic heterocycles. The Morgan fingerprint density at radius 3 is 2.61 bits per heavy atom. The number of aromatic nitrogens is 3. The second kappa shape index (κ2) is 8.84. The molecular weight excluding hydrogens is 416 g/mol. The highest BCUT2D eigenvalue weighted by atomic mass is 16.2. The number of amides is 2. The van der Waals surface area contributed by atoms with Crippen molar-refractivity contribution in [2.24, 2.45) is 0 Å². The van der Waals surface area contributed by atoms with Crippen LogP contribution in [0.5, 0.6) is 0 Å². The van der Waals surface area contributed by atoms with Crippen LogP contribution in [0.1, 0.15) is 53.8 Å². The predicted octanol–water partition coefficient (Wildman–Crippen LogP) is 3.33. The van der Waals surface area contributed by atoms with Crippen molar-refractivity contribution in [1.82, 2.24) is 24.8 Å². The summed E-state index contributed by atoms with van der Waals surface area (Å²) in [5, 5.41) is 1.01. The monoisotopic (exact) mass is 448 g/mol. The molecule has 1 atom stereocenters. The fourth-order valence-corrected chi connectivity index (χ4v) is 4.29. The van der Waals surface area contributed by atoms with Gasteiger partial charge < -0.3 is 19.7 Å². The number of carbonyl (C=O) groups excluding carboxylic acids is 2. The second-order valence-corrected chi connectivity index (χ2v) is 9.44. The van der Waals surface area contributed by atoms with Crippen LogP contribution in [0.25, 0.3) is 10.9 Å². The molecule has 3 heterocycles. The third-order valence-corrected chi connectivity index (χ3v) is 6.17. The van der Waals surface area contributed by atoms with Crippen molar-refractivity contribution < 1.29 is 9.59 Å². The summed E-state index contributed by atoms with van der Waals surface area (Å²) >= 11 is 0. The summed E-state index contributed by atoms with van der Waals surface area (Å²) in [6.45, 7) is 7.02. The Balaban J connectivity index is 1.57. The molecule has 1 fully saturated rings. The van der Waals surface area contributed by atoms with E-state index in [2.05, 4.69) is 9.97 Å². The van der Waals surface area contributed by atoms with Gasteiger partial charge >= 0.3 is 0 Å². The first-order valence-electron chi connectivity index (χ1n) is 11.3. The molecule has 0 radical (unpaired) electrons. The molecule has 0 bridgehead atoms. The van der Waals surface area contributed by atoms with Gasteiger partial charge in [0.2, 0.25) is 5.91 Å². The van der Waals surface area contributed by atoms with Crippen molar-refractivity contribution in [3.05, 3.63) is 53.1 Å². The quantitative estimate of drug-likeness (QED) is 0.625. The molecule has 0 unspecified atom stereocenters. The lowest BCUT2D eigenvalue weighted by Crippen LogP contribution is -2.32. The number of nitrogens with zero attached hydrogens (tertiary/aromatic N) is 5. The van der Waals surface area contributed by atoms with Crippen molar-refractivity contribution in [3.63, 3.8) is 0 Å². The van der Waals surface area contributed by atoms with Crippen LogP contribution in [0, 0.1) is 6.92 Å². The smallest absolute Gasteiger partial charge is 0.270 e. The van der Waals surface area contributed by atoms with E-state index in [1.165, 1.54) is 0 Å². The van der Waals surface area contributed by atoms with Gasteiger partial charge in [0, 0.05) is 63.0 Å². The molecule has 33 heavy (non-hydrogen) atoms. The topological polar surface area (TPSA) is 85.4 Å². The van der Waals surface area contributed by atoms with Gasteiger partial charge in [-0.25, -0.2) is 9.97 Å². The third kappa shape index (κ3) is 4.69. The maximum absolute atomic E-state index is 13.1. The molecule has 2 amide bonds.